The van der Waals surface area contributed by atoms with Gasteiger partial charge in [-0.1, -0.05) is 48.0 Å². The Morgan fingerprint density at radius 2 is 2.18 bits per heavy atom. The summed E-state index contributed by atoms with van der Waals surface area (Å²) in [5.41, 5.74) is 3.14. The SMILES string of the molecule is CCc1cccc2c(C(=O)C(Br)CC)c[nH]c12. The van der Waals surface area contributed by atoms with Crippen LogP contribution in [0, 0.1) is 0 Å². The number of halogens is 1. The summed E-state index contributed by atoms with van der Waals surface area (Å²) in [5, 5.41) is 1.03. The molecule has 0 saturated carbocycles. The number of nitrogens with one attached hydrogen (secondary N) is 1. The predicted molar refractivity (Wildman–Crippen MR) is 75.0 cm³/mol. The number of carbonyl (C=O) groups excluding carboxylic acids is 1. The standard InChI is InChI=1S/C14H16BrNO/c1-3-9-6-5-7-10-11(8-16-13(9)10)14(17)12(15)4-2/h5-8,12,16H,3-4H2,1-2H3. The number of Topliss-reactive ketones (excluding diaryl/α,β-unsaturated/α-hetero) is 1. The molecule has 1 aromatic heterocycles. The van der Waals surface area contributed by atoms with Gasteiger partial charge in [-0.25, -0.2) is 0 Å². The quantitative estimate of drug-likeness (QED) is 0.668. The van der Waals surface area contributed by atoms with Gasteiger partial charge in [0.05, 0.1) is 4.83 Å². The van der Waals surface area contributed by atoms with Gasteiger partial charge in [-0.05, 0) is 18.4 Å². The number of hydrogen-bond acceptors (Lipinski definition) is 1. The summed E-state index contributed by atoms with van der Waals surface area (Å²) in [6.45, 7) is 4.13. The molecule has 2 nitrogen and oxygen atoms in total. The molecule has 0 amide bonds. The van der Waals surface area contributed by atoms with Crippen LogP contribution in [-0.2, 0) is 6.42 Å². The molecule has 0 aliphatic heterocycles. The minimum Gasteiger partial charge on any atom is -0.360 e. The van der Waals surface area contributed by atoms with Crippen molar-refractivity contribution >= 4 is 32.6 Å². The highest BCUT2D eigenvalue weighted by Gasteiger charge is 2.19. The van der Waals surface area contributed by atoms with Gasteiger partial charge in [0.15, 0.2) is 5.78 Å². The Morgan fingerprint density at radius 3 is 2.82 bits per heavy atom. The van der Waals surface area contributed by atoms with Crippen LogP contribution in [0.25, 0.3) is 10.9 Å². The number of aryl methyl sites for hydroxylation is 1. The largest absolute Gasteiger partial charge is 0.360 e. The summed E-state index contributed by atoms with van der Waals surface area (Å²) in [6, 6.07) is 6.12. The highest BCUT2D eigenvalue weighted by Crippen LogP contribution is 2.25. The number of rotatable bonds is 4. The monoisotopic (exact) mass is 293 g/mol. The zero-order valence-corrected chi connectivity index (χ0v) is 11.7. The van der Waals surface area contributed by atoms with Crippen LogP contribution >= 0.6 is 15.9 Å². The van der Waals surface area contributed by atoms with E-state index in [0.29, 0.717) is 0 Å². The van der Waals surface area contributed by atoms with Crippen LogP contribution in [-0.4, -0.2) is 15.6 Å². The van der Waals surface area contributed by atoms with E-state index in [-0.39, 0.29) is 10.6 Å². The van der Waals surface area contributed by atoms with Crippen molar-refractivity contribution in [2.24, 2.45) is 0 Å². The number of hydrogen-bond donors (Lipinski definition) is 1. The Balaban J connectivity index is 2.54. The third-order valence-corrected chi connectivity index (χ3v) is 4.15. The molecular formula is C14H16BrNO. The van der Waals surface area contributed by atoms with E-state index in [4.69, 9.17) is 0 Å². The lowest BCUT2D eigenvalue weighted by Gasteiger charge is -2.05. The summed E-state index contributed by atoms with van der Waals surface area (Å²) >= 11 is 3.42. The number of benzene rings is 1. The van der Waals surface area contributed by atoms with Crippen LogP contribution in [0.2, 0.25) is 0 Å². The fourth-order valence-corrected chi connectivity index (χ4v) is 2.32. The van der Waals surface area contributed by atoms with E-state index < -0.39 is 0 Å². The first-order valence-electron chi connectivity index (χ1n) is 5.96. The normalized spacial score (nSPS) is 12.9. The molecule has 0 aliphatic carbocycles. The Bertz CT molecular complexity index is 544. The Hall–Kier alpha value is -1.09. The summed E-state index contributed by atoms with van der Waals surface area (Å²) in [5.74, 6) is 0.159. The second kappa shape index (κ2) is 5.05. The zero-order valence-electron chi connectivity index (χ0n) is 10.1. The molecule has 0 saturated heterocycles. The molecule has 0 fully saturated rings. The molecule has 0 aliphatic rings. The van der Waals surface area contributed by atoms with Gasteiger partial charge < -0.3 is 4.98 Å². The average Bonchev–Trinajstić information content (AvgIpc) is 2.80. The number of aromatic nitrogens is 1. The fraction of sp³-hybridized carbons (Fsp3) is 0.357. The fourth-order valence-electron chi connectivity index (χ4n) is 2.07. The van der Waals surface area contributed by atoms with E-state index in [9.17, 15) is 4.79 Å². The maximum absolute atomic E-state index is 12.2. The minimum absolute atomic E-state index is 0.0909. The van der Waals surface area contributed by atoms with Gasteiger partial charge in [0.1, 0.15) is 0 Å². The molecule has 1 N–H and O–H groups in total. The smallest absolute Gasteiger partial charge is 0.178 e. The predicted octanol–water partition coefficient (Wildman–Crippen LogP) is 4.09. The van der Waals surface area contributed by atoms with Crippen molar-refractivity contribution in [1.29, 1.82) is 0 Å². The van der Waals surface area contributed by atoms with Gasteiger partial charge in [-0.3, -0.25) is 4.79 Å². The van der Waals surface area contributed by atoms with E-state index in [1.54, 1.807) is 0 Å². The first-order valence-corrected chi connectivity index (χ1v) is 6.87. The van der Waals surface area contributed by atoms with Crippen molar-refractivity contribution in [2.45, 2.75) is 31.5 Å². The number of carbonyl (C=O) groups is 1. The van der Waals surface area contributed by atoms with Crippen LogP contribution in [0.5, 0.6) is 0 Å². The molecule has 0 spiro atoms. The molecular weight excluding hydrogens is 278 g/mol. The second-order valence-corrected chi connectivity index (χ2v) is 5.24. The van der Waals surface area contributed by atoms with Gasteiger partial charge in [-0.15, -0.1) is 0 Å². The minimum atomic E-state index is -0.0909. The van der Waals surface area contributed by atoms with E-state index in [2.05, 4.69) is 33.9 Å². The molecule has 1 heterocycles. The molecule has 2 aromatic rings. The first kappa shape index (κ1) is 12.4. The third kappa shape index (κ3) is 2.16. The lowest BCUT2D eigenvalue weighted by Crippen LogP contribution is -2.12. The summed E-state index contributed by atoms with van der Waals surface area (Å²) in [7, 11) is 0. The van der Waals surface area contributed by atoms with Crippen molar-refractivity contribution in [3.63, 3.8) is 0 Å². The number of alkyl halides is 1. The van der Waals surface area contributed by atoms with E-state index in [1.807, 2.05) is 25.3 Å². The van der Waals surface area contributed by atoms with Gasteiger partial charge in [0, 0.05) is 22.7 Å². The van der Waals surface area contributed by atoms with Crippen LogP contribution < -0.4 is 0 Å². The zero-order chi connectivity index (χ0) is 12.4. The second-order valence-electron chi connectivity index (χ2n) is 4.14. The van der Waals surface area contributed by atoms with E-state index in [0.717, 1.165) is 29.3 Å². The third-order valence-electron chi connectivity index (χ3n) is 3.09. The molecule has 2 rings (SSSR count). The molecule has 17 heavy (non-hydrogen) atoms. The lowest BCUT2D eigenvalue weighted by atomic mass is 10.0. The molecule has 1 atom stereocenters. The summed E-state index contributed by atoms with van der Waals surface area (Å²) in [6.07, 6.45) is 3.60. The Labute approximate surface area is 110 Å². The first-order chi connectivity index (χ1) is 8.19. The lowest BCUT2D eigenvalue weighted by molar-refractivity contribution is 0.0992. The number of fused-ring (bicyclic) bond motifs is 1. The van der Waals surface area contributed by atoms with Crippen molar-refractivity contribution in [2.75, 3.05) is 0 Å². The molecule has 0 radical (unpaired) electrons. The molecule has 1 aromatic carbocycles. The molecule has 3 heteroatoms. The average molecular weight is 294 g/mol. The number of H-pyrrole nitrogens is 1. The molecule has 0 bridgehead atoms. The highest BCUT2D eigenvalue weighted by molar-refractivity contribution is 9.10. The van der Waals surface area contributed by atoms with E-state index in [1.165, 1.54) is 5.56 Å². The van der Waals surface area contributed by atoms with Crippen LogP contribution in [0.4, 0.5) is 0 Å². The Morgan fingerprint density at radius 1 is 1.41 bits per heavy atom. The van der Waals surface area contributed by atoms with Crippen molar-refractivity contribution < 1.29 is 4.79 Å². The van der Waals surface area contributed by atoms with Crippen LogP contribution in [0.3, 0.4) is 0 Å². The topological polar surface area (TPSA) is 32.9 Å². The van der Waals surface area contributed by atoms with Gasteiger partial charge >= 0.3 is 0 Å². The van der Waals surface area contributed by atoms with Gasteiger partial charge in [0.25, 0.3) is 0 Å². The highest BCUT2D eigenvalue weighted by atomic mass is 79.9. The number of para-hydroxylation sites is 1. The van der Waals surface area contributed by atoms with Crippen molar-refractivity contribution in [1.82, 2.24) is 4.98 Å². The maximum Gasteiger partial charge on any atom is 0.178 e. The molecule has 90 valence electrons. The van der Waals surface area contributed by atoms with Crippen LogP contribution in [0.1, 0.15) is 36.2 Å². The van der Waals surface area contributed by atoms with Gasteiger partial charge in [0.2, 0.25) is 0 Å². The summed E-state index contributed by atoms with van der Waals surface area (Å²) < 4.78 is 0. The Kier molecular flexibility index (Phi) is 3.67. The van der Waals surface area contributed by atoms with Crippen molar-refractivity contribution in [3.8, 4) is 0 Å². The summed E-state index contributed by atoms with van der Waals surface area (Å²) in [4.78, 5) is 15.3. The van der Waals surface area contributed by atoms with Gasteiger partial charge in [-0.2, -0.15) is 0 Å². The number of ketones is 1. The number of aromatic amines is 1. The van der Waals surface area contributed by atoms with E-state index >= 15 is 0 Å². The van der Waals surface area contributed by atoms with Crippen molar-refractivity contribution in [3.05, 3.63) is 35.5 Å². The molecule has 1 unspecified atom stereocenters. The maximum atomic E-state index is 12.2. The van der Waals surface area contributed by atoms with Crippen LogP contribution in [0.15, 0.2) is 24.4 Å².